The molecule has 8 nitrogen and oxygen atoms in total. The number of halogens is 3. The van der Waals surface area contributed by atoms with E-state index < -0.39 is 28.3 Å². The first kappa shape index (κ1) is 21.5. The molecule has 0 saturated carbocycles. The summed E-state index contributed by atoms with van der Waals surface area (Å²) >= 11 is 0. The number of rotatable bonds is 4. The normalized spacial score (nSPS) is 18.9. The van der Waals surface area contributed by atoms with E-state index in [9.17, 15) is 28.0 Å². The van der Waals surface area contributed by atoms with Crippen molar-refractivity contribution >= 4 is 29.0 Å². The number of amides is 3. The van der Waals surface area contributed by atoms with E-state index in [1.807, 2.05) is 0 Å². The van der Waals surface area contributed by atoms with Crippen LogP contribution in [0.4, 0.5) is 29.5 Å². The number of hydroxylamine groups is 3. The quantitative estimate of drug-likeness (QED) is 0.603. The second-order valence-corrected chi connectivity index (χ2v) is 7.30. The molecule has 0 aliphatic carbocycles. The summed E-state index contributed by atoms with van der Waals surface area (Å²) in [6, 6.07) is 3.37. The lowest BCUT2D eigenvalue weighted by molar-refractivity contribution is -0.792. The molecule has 160 valence electrons. The third-order valence-corrected chi connectivity index (χ3v) is 4.88. The lowest BCUT2D eigenvalue weighted by Gasteiger charge is -2.41. The fourth-order valence-electron chi connectivity index (χ4n) is 3.32. The van der Waals surface area contributed by atoms with Crippen LogP contribution in [-0.4, -0.2) is 46.4 Å². The van der Waals surface area contributed by atoms with Crippen LogP contribution in [0.5, 0.6) is 0 Å². The van der Waals surface area contributed by atoms with Gasteiger partial charge in [-0.25, -0.2) is 14.7 Å². The average molecular weight is 423 g/mol. The van der Waals surface area contributed by atoms with Gasteiger partial charge in [0, 0.05) is 12.7 Å². The molecule has 1 atom stereocenters. The fraction of sp³-hybridized carbons (Fsp3) is 0.316. The summed E-state index contributed by atoms with van der Waals surface area (Å²) in [5, 5.41) is 15.0. The summed E-state index contributed by atoms with van der Waals surface area (Å²) < 4.78 is 38.9. The molecule has 0 bridgehead atoms. The molecule has 0 spiro atoms. The lowest BCUT2D eigenvalue weighted by Crippen LogP contribution is -2.54. The molecule has 30 heavy (non-hydrogen) atoms. The van der Waals surface area contributed by atoms with Gasteiger partial charge in [-0.1, -0.05) is 12.6 Å². The molecule has 0 fully saturated rings. The lowest BCUT2D eigenvalue weighted by atomic mass is 10.0. The number of carbonyl (C=O) groups excluding carboxylic acids is 2. The van der Waals surface area contributed by atoms with E-state index in [2.05, 4.69) is 16.9 Å². The van der Waals surface area contributed by atoms with E-state index in [1.165, 1.54) is 50.1 Å². The van der Waals surface area contributed by atoms with Crippen molar-refractivity contribution in [2.24, 2.45) is 0 Å². The minimum Gasteiger partial charge on any atom is -0.624 e. The molecule has 0 saturated heterocycles. The number of nitrogens with zero attached hydrogens (tertiary/aromatic N) is 4. The van der Waals surface area contributed by atoms with E-state index >= 15 is 0 Å². The van der Waals surface area contributed by atoms with Gasteiger partial charge in [-0.05, 0) is 30.2 Å². The second-order valence-electron chi connectivity index (χ2n) is 7.30. The monoisotopic (exact) mass is 423 g/mol. The number of aryl methyl sites for hydroxylation is 1. The van der Waals surface area contributed by atoms with Crippen LogP contribution in [0.25, 0.3) is 5.57 Å². The van der Waals surface area contributed by atoms with Gasteiger partial charge in [0.1, 0.15) is 18.8 Å². The summed E-state index contributed by atoms with van der Waals surface area (Å²) in [5.41, 5.74) is 0.0687. The van der Waals surface area contributed by atoms with Crippen molar-refractivity contribution in [2.45, 2.75) is 26.2 Å². The molecule has 3 amide bonds. The van der Waals surface area contributed by atoms with Gasteiger partial charge in [-0.15, -0.1) is 0 Å². The second kappa shape index (κ2) is 7.26. The maximum atomic E-state index is 12.9. The van der Waals surface area contributed by atoms with E-state index in [1.54, 1.807) is 0 Å². The summed E-state index contributed by atoms with van der Waals surface area (Å²) in [6.07, 6.45) is -3.18. The molecule has 1 aliphatic rings. The Morgan fingerprint density at radius 2 is 2.07 bits per heavy atom. The van der Waals surface area contributed by atoms with Crippen molar-refractivity contribution in [3.63, 3.8) is 0 Å². The van der Waals surface area contributed by atoms with Crippen LogP contribution in [-0.2, 0) is 17.9 Å². The molecule has 2 aromatic rings. The molecule has 1 aromatic carbocycles. The number of carbonyl (C=O) groups is 2. The van der Waals surface area contributed by atoms with E-state index in [4.69, 9.17) is 0 Å². The van der Waals surface area contributed by atoms with Gasteiger partial charge in [-0.2, -0.15) is 13.2 Å². The smallest absolute Gasteiger partial charge is 0.424 e. The number of allylic oxidation sites excluding steroid dienone is 1. The number of alkyl halides is 3. The van der Waals surface area contributed by atoms with Crippen LogP contribution in [0.15, 0.2) is 31.1 Å². The van der Waals surface area contributed by atoms with Gasteiger partial charge in [0.15, 0.2) is 5.82 Å². The molecule has 0 radical (unpaired) electrons. The van der Waals surface area contributed by atoms with Crippen molar-refractivity contribution in [1.29, 1.82) is 0 Å². The number of fused-ring (bicyclic) bond motifs is 1. The van der Waals surface area contributed by atoms with Gasteiger partial charge in [-0.3, -0.25) is 9.44 Å². The third-order valence-electron chi connectivity index (χ3n) is 4.88. The van der Waals surface area contributed by atoms with Gasteiger partial charge in [0.25, 0.3) is 0 Å². The Balaban J connectivity index is 1.75. The number of anilines is 2. The fourth-order valence-corrected chi connectivity index (χ4v) is 3.32. The molecule has 11 heteroatoms. The summed E-state index contributed by atoms with van der Waals surface area (Å²) in [4.78, 5) is 29.7. The van der Waals surface area contributed by atoms with Crippen molar-refractivity contribution in [3.8, 4) is 0 Å². The van der Waals surface area contributed by atoms with E-state index in [0.29, 0.717) is 22.8 Å². The van der Waals surface area contributed by atoms with Crippen LogP contribution in [0.1, 0.15) is 16.8 Å². The average Bonchev–Trinajstić information content (AvgIpc) is 3.00. The number of hydrogen-bond donors (Lipinski definition) is 1. The number of aromatic nitrogens is 2. The predicted octanol–water partition coefficient (Wildman–Crippen LogP) is 3.42. The highest BCUT2D eigenvalue weighted by atomic mass is 19.4. The highest BCUT2D eigenvalue weighted by Crippen LogP contribution is 2.34. The van der Waals surface area contributed by atoms with Crippen LogP contribution in [0.3, 0.4) is 0 Å². The maximum absolute atomic E-state index is 12.9. The zero-order valence-electron chi connectivity index (χ0n) is 16.6. The molecule has 1 aromatic heterocycles. The molecule has 1 unspecified atom stereocenters. The Labute approximate surface area is 170 Å². The Morgan fingerprint density at radius 3 is 2.67 bits per heavy atom. The SMILES string of the molecule is C=C(c1ccc(NC(=O)Cn2cnc3c2C[N+](C)([O-])C(=O)N3C)cc1C)C(F)(F)F. The van der Waals surface area contributed by atoms with Crippen molar-refractivity contribution < 1.29 is 27.4 Å². The first-order valence-electron chi connectivity index (χ1n) is 8.87. The highest BCUT2D eigenvalue weighted by Gasteiger charge is 2.38. The van der Waals surface area contributed by atoms with Gasteiger partial charge in [0.2, 0.25) is 5.91 Å². The molecule has 1 aliphatic heterocycles. The van der Waals surface area contributed by atoms with Crippen LogP contribution in [0, 0.1) is 12.1 Å². The van der Waals surface area contributed by atoms with E-state index in [-0.39, 0.29) is 18.7 Å². The number of urea groups is 1. The summed E-state index contributed by atoms with van der Waals surface area (Å²) in [7, 11) is 2.66. The molecule has 1 N–H and O–H groups in total. The number of imidazole rings is 1. The van der Waals surface area contributed by atoms with Crippen molar-refractivity contribution in [3.05, 3.63) is 53.1 Å². The van der Waals surface area contributed by atoms with Crippen LogP contribution in [0.2, 0.25) is 0 Å². The minimum atomic E-state index is -4.54. The Bertz CT molecular complexity index is 1040. The Hall–Kier alpha value is -3.18. The highest BCUT2D eigenvalue weighted by molar-refractivity contribution is 5.92. The summed E-state index contributed by atoms with van der Waals surface area (Å²) in [6.45, 7) is 4.23. The minimum absolute atomic E-state index is 0.0515. The maximum Gasteiger partial charge on any atom is 0.424 e. The van der Waals surface area contributed by atoms with Crippen molar-refractivity contribution in [2.75, 3.05) is 24.3 Å². The van der Waals surface area contributed by atoms with Crippen molar-refractivity contribution in [1.82, 2.24) is 9.55 Å². The standard InChI is InChI=1S/C19H20F3N5O3/c1-11-7-13(5-6-14(11)12(2)19(20,21)22)24-16(28)8-26-10-23-17-15(26)9-27(4,30)18(29)25(17)3/h5-7,10H,2,8-9H2,1,3-4H3,(H,24,28). The number of hydrogen-bond acceptors (Lipinski definition) is 4. The topological polar surface area (TPSA) is 90.3 Å². The largest absolute Gasteiger partial charge is 0.624 e. The number of nitrogens with one attached hydrogen (secondary N) is 1. The van der Waals surface area contributed by atoms with Gasteiger partial charge >= 0.3 is 12.2 Å². The van der Waals surface area contributed by atoms with Gasteiger partial charge in [0.05, 0.1) is 18.9 Å². The van der Waals surface area contributed by atoms with Gasteiger partial charge < -0.3 is 15.1 Å². The molecular weight excluding hydrogens is 403 g/mol. The summed E-state index contributed by atoms with van der Waals surface area (Å²) in [5.74, 6) is -0.151. The number of benzene rings is 1. The molecule has 3 rings (SSSR count). The first-order valence-corrected chi connectivity index (χ1v) is 8.87. The Morgan fingerprint density at radius 1 is 1.40 bits per heavy atom. The zero-order chi connectivity index (χ0) is 22.4. The number of quaternary nitrogens is 1. The Kier molecular flexibility index (Phi) is 5.21. The zero-order valence-corrected chi connectivity index (χ0v) is 16.6. The van der Waals surface area contributed by atoms with E-state index in [0.717, 1.165) is 4.90 Å². The molecule has 2 heterocycles. The molecular formula is C19H20F3N5O3. The predicted molar refractivity (Wildman–Crippen MR) is 104 cm³/mol. The van der Waals surface area contributed by atoms with Crippen LogP contribution < -0.4 is 10.2 Å². The third kappa shape index (κ3) is 3.94. The first-order chi connectivity index (χ1) is 13.8. The van der Waals surface area contributed by atoms with Crippen LogP contribution >= 0.6 is 0 Å².